The van der Waals surface area contributed by atoms with E-state index in [4.69, 9.17) is 0 Å². The minimum absolute atomic E-state index is 0.642. The Hall–Kier alpha value is -0.660. The van der Waals surface area contributed by atoms with Crippen LogP contribution in [0.2, 0.25) is 0 Å². The third kappa shape index (κ3) is 2.05. The van der Waals surface area contributed by atoms with E-state index >= 15 is 0 Å². The van der Waals surface area contributed by atoms with E-state index in [1.165, 1.54) is 44.9 Å². The molecule has 22 heavy (non-hydrogen) atoms. The molecule has 0 heterocycles. The van der Waals surface area contributed by atoms with Gasteiger partial charge in [0.25, 0.3) is 0 Å². The normalized spacial score (nSPS) is 50.5. The summed E-state index contributed by atoms with van der Waals surface area (Å²) in [5, 5.41) is 3.24. The fraction of sp³-hybridized carbons (Fsp3) is 0.900. The molecule has 3 saturated carbocycles. The molecule has 7 atom stereocenters. The first-order valence-corrected chi connectivity index (χ1v) is 9.69. The van der Waals surface area contributed by atoms with E-state index in [1.807, 2.05) is 0 Å². The fourth-order valence-electron chi connectivity index (χ4n) is 7.33. The molecule has 0 saturated heterocycles. The van der Waals surface area contributed by atoms with Crippen molar-refractivity contribution in [3.63, 3.8) is 0 Å². The van der Waals surface area contributed by atoms with Gasteiger partial charge in [0.05, 0.1) is 5.70 Å². The molecule has 4 aliphatic carbocycles. The second-order valence-corrected chi connectivity index (χ2v) is 8.89. The summed E-state index contributed by atoms with van der Waals surface area (Å²) in [7, 11) is 0. The van der Waals surface area contributed by atoms with Crippen molar-refractivity contribution in [1.29, 1.82) is 0 Å². The SMILES string of the molecule is CCC1CCC2C3CCC4CC(N=O)=CCC4C3CC[C@]12C. The molecular weight excluding hydrogens is 270 g/mol. The summed E-state index contributed by atoms with van der Waals surface area (Å²) < 4.78 is 0. The Morgan fingerprint density at radius 2 is 2.00 bits per heavy atom. The lowest BCUT2D eigenvalue weighted by molar-refractivity contribution is -0.0531. The van der Waals surface area contributed by atoms with Crippen molar-refractivity contribution < 1.29 is 0 Å². The van der Waals surface area contributed by atoms with E-state index in [0.717, 1.165) is 54.0 Å². The van der Waals surface area contributed by atoms with Gasteiger partial charge in [0.15, 0.2) is 0 Å². The molecule has 4 rings (SSSR count). The van der Waals surface area contributed by atoms with Crippen LogP contribution in [-0.2, 0) is 0 Å². The number of hydrogen-bond donors (Lipinski definition) is 0. The van der Waals surface area contributed by atoms with Crippen molar-refractivity contribution in [1.82, 2.24) is 0 Å². The van der Waals surface area contributed by atoms with E-state index in [9.17, 15) is 4.91 Å². The molecule has 3 fully saturated rings. The zero-order valence-electron chi connectivity index (χ0n) is 14.3. The van der Waals surface area contributed by atoms with E-state index in [-0.39, 0.29) is 0 Å². The summed E-state index contributed by atoms with van der Waals surface area (Å²) in [6.07, 6.45) is 14.3. The highest BCUT2D eigenvalue weighted by Crippen LogP contribution is 2.64. The smallest absolute Gasteiger partial charge is 0.0812 e. The molecule has 0 amide bonds. The summed E-state index contributed by atoms with van der Waals surface area (Å²) in [6, 6.07) is 0. The summed E-state index contributed by atoms with van der Waals surface area (Å²) >= 11 is 0. The molecule has 2 nitrogen and oxygen atoms in total. The molecule has 4 aliphatic rings. The number of hydrogen-bond acceptors (Lipinski definition) is 2. The monoisotopic (exact) mass is 301 g/mol. The minimum atomic E-state index is 0.642. The Kier molecular flexibility index (Phi) is 3.70. The predicted octanol–water partition coefficient (Wildman–Crippen LogP) is 5.93. The van der Waals surface area contributed by atoms with E-state index in [0.29, 0.717) is 5.41 Å². The van der Waals surface area contributed by atoms with Crippen molar-refractivity contribution in [3.8, 4) is 0 Å². The lowest BCUT2D eigenvalue weighted by Gasteiger charge is -2.55. The molecule has 0 spiro atoms. The molecule has 0 N–H and O–H groups in total. The van der Waals surface area contributed by atoms with Gasteiger partial charge in [0, 0.05) is 0 Å². The second kappa shape index (κ2) is 5.46. The van der Waals surface area contributed by atoms with Gasteiger partial charge in [-0.2, -0.15) is 0 Å². The van der Waals surface area contributed by atoms with Crippen LogP contribution in [0, 0.1) is 45.8 Å². The molecule has 0 aromatic rings. The fourth-order valence-corrected chi connectivity index (χ4v) is 7.33. The topological polar surface area (TPSA) is 29.4 Å². The molecule has 0 aromatic heterocycles. The van der Waals surface area contributed by atoms with E-state index < -0.39 is 0 Å². The van der Waals surface area contributed by atoms with Crippen LogP contribution in [0.5, 0.6) is 0 Å². The lowest BCUT2D eigenvalue weighted by Crippen LogP contribution is -2.47. The predicted molar refractivity (Wildman–Crippen MR) is 90.2 cm³/mol. The van der Waals surface area contributed by atoms with Crippen molar-refractivity contribution >= 4 is 0 Å². The first-order valence-electron chi connectivity index (χ1n) is 9.69. The van der Waals surface area contributed by atoms with Gasteiger partial charge in [-0.3, -0.25) is 0 Å². The highest BCUT2D eigenvalue weighted by Gasteiger charge is 2.56. The Morgan fingerprint density at radius 3 is 2.77 bits per heavy atom. The molecule has 0 bridgehead atoms. The zero-order chi connectivity index (χ0) is 15.3. The van der Waals surface area contributed by atoms with E-state index in [1.54, 1.807) is 0 Å². The van der Waals surface area contributed by atoms with Gasteiger partial charge < -0.3 is 0 Å². The number of allylic oxidation sites excluding steroid dienone is 2. The third-order valence-electron chi connectivity index (χ3n) is 8.42. The molecular formula is C20H31NO. The average molecular weight is 301 g/mol. The van der Waals surface area contributed by atoms with Crippen LogP contribution < -0.4 is 0 Å². The van der Waals surface area contributed by atoms with Gasteiger partial charge in [-0.05, 0) is 97.5 Å². The highest BCUT2D eigenvalue weighted by atomic mass is 16.3. The Morgan fingerprint density at radius 1 is 1.14 bits per heavy atom. The molecule has 0 aromatic carbocycles. The largest absolute Gasteiger partial charge is 0.145 e. The third-order valence-corrected chi connectivity index (χ3v) is 8.42. The maximum Gasteiger partial charge on any atom is 0.0812 e. The van der Waals surface area contributed by atoms with Gasteiger partial charge in [0.2, 0.25) is 0 Å². The van der Waals surface area contributed by atoms with E-state index in [2.05, 4.69) is 25.1 Å². The Balaban J connectivity index is 1.57. The van der Waals surface area contributed by atoms with Crippen molar-refractivity contribution in [2.24, 2.45) is 46.1 Å². The molecule has 2 heteroatoms. The molecule has 6 unspecified atom stereocenters. The Labute approximate surface area is 135 Å². The highest BCUT2D eigenvalue weighted by molar-refractivity contribution is 5.12. The van der Waals surface area contributed by atoms with Crippen molar-refractivity contribution in [2.75, 3.05) is 0 Å². The van der Waals surface area contributed by atoms with Crippen LogP contribution in [0.3, 0.4) is 0 Å². The lowest BCUT2D eigenvalue weighted by atomic mass is 9.50. The van der Waals surface area contributed by atoms with Crippen molar-refractivity contribution in [2.45, 2.75) is 71.6 Å². The number of fused-ring (bicyclic) bond motifs is 5. The number of rotatable bonds is 2. The maximum atomic E-state index is 10.9. The summed E-state index contributed by atoms with van der Waals surface area (Å²) in [5.74, 6) is 5.51. The average Bonchev–Trinajstić information content (AvgIpc) is 2.90. The molecule has 122 valence electrons. The van der Waals surface area contributed by atoms with Gasteiger partial charge in [-0.15, -0.1) is 4.91 Å². The molecule has 0 aliphatic heterocycles. The van der Waals surface area contributed by atoms with Crippen LogP contribution in [0.1, 0.15) is 71.6 Å². The van der Waals surface area contributed by atoms with Gasteiger partial charge in [-0.1, -0.05) is 26.3 Å². The van der Waals surface area contributed by atoms with Crippen LogP contribution in [-0.4, -0.2) is 0 Å². The summed E-state index contributed by atoms with van der Waals surface area (Å²) in [6.45, 7) is 5.03. The first-order chi connectivity index (χ1) is 10.7. The van der Waals surface area contributed by atoms with Gasteiger partial charge in [0.1, 0.15) is 0 Å². The van der Waals surface area contributed by atoms with Crippen LogP contribution in [0.4, 0.5) is 0 Å². The Bertz CT molecular complexity index is 484. The van der Waals surface area contributed by atoms with Crippen molar-refractivity contribution in [3.05, 3.63) is 16.7 Å². The molecule has 0 radical (unpaired) electrons. The zero-order valence-corrected chi connectivity index (χ0v) is 14.3. The van der Waals surface area contributed by atoms with Gasteiger partial charge in [-0.25, -0.2) is 0 Å². The summed E-state index contributed by atoms with van der Waals surface area (Å²) in [4.78, 5) is 10.9. The van der Waals surface area contributed by atoms with Crippen LogP contribution >= 0.6 is 0 Å². The van der Waals surface area contributed by atoms with Crippen LogP contribution in [0.15, 0.2) is 16.9 Å². The first kappa shape index (κ1) is 14.9. The van der Waals surface area contributed by atoms with Crippen LogP contribution in [0.25, 0.3) is 0 Å². The summed E-state index contributed by atoms with van der Waals surface area (Å²) in [5.41, 5.74) is 1.48. The minimum Gasteiger partial charge on any atom is -0.145 e. The second-order valence-electron chi connectivity index (χ2n) is 8.89. The number of nitroso groups, excluding NO2 is 1. The van der Waals surface area contributed by atoms with Gasteiger partial charge >= 0.3 is 0 Å². The number of nitrogens with zero attached hydrogens (tertiary/aromatic N) is 1. The maximum absolute atomic E-state index is 10.9. The quantitative estimate of drug-likeness (QED) is 0.582. The standard InChI is InChI=1S/C20H31NO/c1-3-14-5-9-19-18-7-4-13-12-15(21-22)6-8-16(13)17(18)10-11-20(14,19)2/h6,13-14,16-19H,3-5,7-12H2,1-2H3/t13?,14?,16?,17?,18?,19?,20-/m1/s1.